The van der Waals surface area contributed by atoms with Crippen LogP contribution in [0.3, 0.4) is 0 Å². The molecule has 0 saturated heterocycles. The minimum atomic E-state index is -0.337. The standard InChI is InChI=1S/C17H19BrFNO/c1-3-13(20)9-12-4-7-17(11(2)8-12)21-14-5-6-15(18)16(19)10-14/h4-8,10,13H,3,9,20H2,1-2H3. The second kappa shape index (κ2) is 7.05. The number of nitrogens with two attached hydrogens (primary N) is 1. The Morgan fingerprint density at radius 1 is 1.24 bits per heavy atom. The molecule has 0 bridgehead atoms. The average molecular weight is 352 g/mol. The number of aryl methyl sites for hydroxylation is 1. The maximum atomic E-state index is 13.5. The summed E-state index contributed by atoms with van der Waals surface area (Å²) in [6.45, 7) is 4.06. The highest BCUT2D eigenvalue weighted by Crippen LogP contribution is 2.28. The zero-order chi connectivity index (χ0) is 15.4. The Hall–Kier alpha value is -1.39. The first-order valence-electron chi connectivity index (χ1n) is 6.97. The van der Waals surface area contributed by atoms with E-state index >= 15 is 0 Å². The van der Waals surface area contributed by atoms with Gasteiger partial charge in [-0.2, -0.15) is 0 Å². The highest BCUT2D eigenvalue weighted by atomic mass is 79.9. The van der Waals surface area contributed by atoms with Gasteiger partial charge < -0.3 is 10.5 Å². The van der Waals surface area contributed by atoms with Crippen molar-refractivity contribution in [3.05, 3.63) is 57.8 Å². The SMILES string of the molecule is CCC(N)Cc1ccc(Oc2ccc(Br)c(F)c2)c(C)c1. The van der Waals surface area contributed by atoms with Crippen LogP contribution >= 0.6 is 15.9 Å². The van der Waals surface area contributed by atoms with Gasteiger partial charge in [0, 0.05) is 12.1 Å². The summed E-state index contributed by atoms with van der Waals surface area (Å²) in [6, 6.07) is 10.9. The smallest absolute Gasteiger partial charge is 0.141 e. The zero-order valence-electron chi connectivity index (χ0n) is 12.2. The van der Waals surface area contributed by atoms with E-state index in [1.54, 1.807) is 12.1 Å². The second-order valence-corrected chi connectivity index (χ2v) is 6.00. The molecule has 2 nitrogen and oxygen atoms in total. The molecule has 0 heterocycles. The summed E-state index contributed by atoms with van der Waals surface area (Å²) < 4.78 is 19.7. The van der Waals surface area contributed by atoms with Crippen LogP contribution in [0.15, 0.2) is 40.9 Å². The van der Waals surface area contributed by atoms with Gasteiger partial charge in [0.25, 0.3) is 0 Å². The van der Waals surface area contributed by atoms with Crippen LogP contribution in [0.4, 0.5) is 4.39 Å². The third kappa shape index (κ3) is 4.29. The van der Waals surface area contributed by atoms with Gasteiger partial charge in [0.1, 0.15) is 17.3 Å². The molecule has 2 rings (SSSR count). The third-order valence-corrected chi connectivity index (χ3v) is 4.02. The van der Waals surface area contributed by atoms with Crippen LogP contribution in [0.25, 0.3) is 0 Å². The minimum absolute atomic E-state index is 0.178. The Balaban J connectivity index is 2.15. The van der Waals surface area contributed by atoms with Gasteiger partial charge in [-0.3, -0.25) is 0 Å². The van der Waals surface area contributed by atoms with Crippen LogP contribution in [0.5, 0.6) is 11.5 Å². The predicted molar refractivity (Wildman–Crippen MR) is 87.3 cm³/mol. The molecule has 0 saturated carbocycles. The first-order chi connectivity index (χ1) is 9.99. The number of ether oxygens (including phenoxy) is 1. The molecule has 0 aromatic heterocycles. The van der Waals surface area contributed by atoms with Crippen molar-refractivity contribution in [1.82, 2.24) is 0 Å². The van der Waals surface area contributed by atoms with Crippen molar-refractivity contribution in [2.24, 2.45) is 5.73 Å². The highest BCUT2D eigenvalue weighted by Gasteiger charge is 2.07. The average Bonchev–Trinajstić information content (AvgIpc) is 2.45. The van der Waals surface area contributed by atoms with Crippen molar-refractivity contribution in [2.45, 2.75) is 32.7 Å². The molecular weight excluding hydrogens is 333 g/mol. The van der Waals surface area contributed by atoms with Gasteiger partial charge in [0.15, 0.2) is 0 Å². The Morgan fingerprint density at radius 3 is 2.62 bits per heavy atom. The normalized spacial score (nSPS) is 12.2. The minimum Gasteiger partial charge on any atom is -0.457 e. The molecule has 0 aliphatic heterocycles. The maximum Gasteiger partial charge on any atom is 0.141 e. The van der Waals surface area contributed by atoms with E-state index in [2.05, 4.69) is 28.9 Å². The summed E-state index contributed by atoms with van der Waals surface area (Å²) in [5, 5.41) is 0. The predicted octanol–water partition coefficient (Wildman–Crippen LogP) is 4.97. The van der Waals surface area contributed by atoms with Crippen LogP contribution in [0, 0.1) is 12.7 Å². The van der Waals surface area contributed by atoms with E-state index in [1.165, 1.54) is 11.6 Å². The van der Waals surface area contributed by atoms with Crippen molar-refractivity contribution >= 4 is 15.9 Å². The van der Waals surface area contributed by atoms with Gasteiger partial charge in [-0.05, 0) is 65.0 Å². The van der Waals surface area contributed by atoms with Crippen LogP contribution in [-0.2, 0) is 6.42 Å². The number of benzene rings is 2. The van der Waals surface area contributed by atoms with Crippen LogP contribution in [-0.4, -0.2) is 6.04 Å². The Labute approximate surface area is 133 Å². The van der Waals surface area contributed by atoms with Crippen molar-refractivity contribution in [3.8, 4) is 11.5 Å². The van der Waals surface area contributed by atoms with Crippen molar-refractivity contribution in [2.75, 3.05) is 0 Å². The van der Waals surface area contributed by atoms with E-state index in [1.807, 2.05) is 19.1 Å². The Kier molecular flexibility index (Phi) is 5.37. The fourth-order valence-electron chi connectivity index (χ4n) is 2.07. The molecule has 0 radical (unpaired) electrons. The van der Waals surface area contributed by atoms with Crippen molar-refractivity contribution in [1.29, 1.82) is 0 Å². The summed E-state index contributed by atoms with van der Waals surface area (Å²) >= 11 is 3.13. The number of halogens is 2. The Morgan fingerprint density at radius 2 is 2.00 bits per heavy atom. The van der Waals surface area contributed by atoms with Gasteiger partial charge >= 0.3 is 0 Å². The summed E-state index contributed by atoms with van der Waals surface area (Å²) in [5.74, 6) is 0.873. The maximum absolute atomic E-state index is 13.5. The lowest BCUT2D eigenvalue weighted by molar-refractivity contribution is 0.472. The second-order valence-electron chi connectivity index (χ2n) is 5.15. The Bertz CT molecular complexity index is 630. The summed E-state index contributed by atoms with van der Waals surface area (Å²) in [6.07, 6.45) is 1.81. The van der Waals surface area contributed by atoms with Gasteiger partial charge in [0.2, 0.25) is 0 Å². The van der Waals surface area contributed by atoms with Gasteiger partial charge in [-0.1, -0.05) is 19.1 Å². The molecule has 1 unspecified atom stereocenters. The lowest BCUT2D eigenvalue weighted by Crippen LogP contribution is -2.21. The molecule has 2 N–H and O–H groups in total. The molecule has 2 aromatic carbocycles. The topological polar surface area (TPSA) is 35.2 Å². The largest absolute Gasteiger partial charge is 0.457 e. The molecule has 0 aliphatic rings. The number of rotatable bonds is 5. The van der Waals surface area contributed by atoms with E-state index in [9.17, 15) is 4.39 Å². The number of hydrogen-bond donors (Lipinski definition) is 1. The lowest BCUT2D eigenvalue weighted by Gasteiger charge is -2.13. The van der Waals surface area contributed by atoms with E-state index < -0.39 is 0 Å². The molecule has 112 valence electrons. The number of hydrogen-bond acceptors (Lipinski definition) is 2. The van der Waals surface area contributed by atoms with Gasteiger partial charge in [-0.15, -0.1) is 0 Å². The molecule has 0 fully saturated rings. The molecular formula is C17H19BrFNO. The van der Waals surface area contributed by atoms with Crippen molar-refractivity contribution in [3.63, 3.8) is 0 Å². The molecule has 0 spiro atoms. The van der Waals surface area contributed by atoms with E-state index in [-0.39, 0.29) is 11.9 Å². The summed E-state index contributed by atoms with van der Waals surface area (Å²) in [5.41, 5.74) is 8.17. The molecule has 1 atom stereocenters. The van der Waals surface area contributed by atoms with E-state index in [4.69, 9.17) is 10.5 Å². The van der Waals surface area contributed by atoms with Gasteiger partial charge in [0.05, 0.1) is 4.47 Å². The first kappa shape index (κ1) is 16.0. The summed E-state index contributed by atoms with van der Waals surface area (Å²) in [7, 11) is 0. The van der Waals surface area contributed by atoms with E-state index in [0.717, 1.165) is 24.2 Å². The quantitative estimate of drug-likeness (QED) is 0.825. The molecule has 4 heteroatoms. The lowest BCUT2D eigenvalue weighted by atomic mass is 10.0. The summed E-state index contributed by atoms with van der Waals surface area (Å²) in [4.78, 5) is 0. The van der Waals surface area contributed by atoms with Gasteiger partial charge in [-0.25, -0.2) is 4.39 Å². The monoisotopic (exact) mass is 351 g/mol. The first-order valence-corrected chi connectivity index (χ1v) is 7.77. The van der Waals surface area contributed by atoms with Crippen molar-refractivity contribution < 1.29 is 9.13 Å². The van der Waals surface area contributed by atoms with Crippen LogP contribution in [0.2, 0.25) is 0 Å². The molecule has 0 aliphatic carbocycles. The van der Waals surface area contributed by atoms with Crippen LogP contribution < -0.4 is 10.5 Å². The fourth-order valence-corrected chi connectivity index (χ4v) is 2.31. The molecule has 21 heavy (non-hydrogen) atoms. The molecule has 2 aromatic rings. The zero-order valence-corrected chi connectivity index (χ0v) is 13.8. The third-order valence-electron chi connectivity index (χ3n) is 3.38. The highest BCUT2D eigenvalue weighted by molar-refractivity contribution is 9.10. The van der Waals surface area contributed by atoms with E-state index in [0.29, 0.717) is 10.2 Å². The molecule has 0 amide bonds. The fraction of sp³-hybridized carbons (Fsp3) is 0.294. The van der Waals surface area contributed by atoms with Crippen LogP contribution in [0.1, 0.15) is 24.5 Å².